The monoisotopic (exact) mass is 407 g/mol. The van der Waals surface area contributed by atoms with E-state index in [0.29, 0.717) is 5.56 Å². The summed E-state index contributed by atoms with van der Waals surface area (Å²) in [5.74, 6) is -1.05. The molecular weight excluding hydrogens is 392 g/mol. The van der Waals surface area contributed by atoms with Crippen LogP contribution in [0.4, 0.5) is 8.78 Å². The van der Waals surface area contributed by atoms with Gasteiger partial charge in [-0.3, -0.25) is 14.2 Å². The van der Waals surface area contributed by atoms with Crippen molar-refractivity contribution in [3.8, 4) is 17.6 Å². The molecule has 1 aromatic carbocycles. The average molecular weight is 407 g/mol. The standard InChI is InChI=1S/C18H15F2N3O4S/c1-3-6-23-16(25)14(28-17(23)11(9-21)15(22)24)8-10-4-5-12(27-18(19)20)13(7-10)26-2/h3-5,7-8,18H,1,6H2,2H3,(H2,22,24)/b14-8-,17-11-. The molecule has 7 nitrogen and oxygen atoms in total. The second kappa shape index (κ2) is 8.96. The van der Waals surface area contributed by atoms with Gasteiger partial charge in [-0.25, -0.2) is 0 Å². The summed E-state index contributed by atoms with van der Waals surface area (Å²) in [6.45, 7) is 0.612. The second-order valence-corrected chi connectivity index (χ2v) is 6.29. The minimum Gasteiger partial charge on any atom is -0.493 e. The van der Waals surface area contributed by atoms with Crippen LogP contribution in [0.15, 0.2) is 35.6 Å². The van der Waals surface area contributed by atoms with Crippen molar-refractivity contribution in [2.75, 3.05) is 7.11 Å². The molecule has 0 bridgehead atoms. The van der Waals surface area contributed by atoms with E-state index in [-0.39, 0.29) is 32.8 Å². The molecule has 0 aliphatic heterocycles. The van der Waals surface area contributed by atoms with Crippen molar-refractivity contribution in [2.24, 2.45) is 5.73 Å². The fourth-order valence-electron chi connectivity index (χ4n) is 2.33. The third-order valence-corrected chi connectivity index (χ3v) is 4.62. The Morgan fingerprint density at radius 3 is 2.71 bits per heavy atom. The number of ether oxygens (including phenoxy) is 2. The molecule has 2 rings (SSSR count). The van der Waals surface area contributed by atoms with Crippen molar-refractivity contribution in [1.29, 1.82) is 5.26 Å². The van der Waals surface area contributed by atoms with E-state index < -0.39 is 18.1 Å². The van der Waals surface area contributed by atoms with Crippen LogP contribution in [0.1, 0.15) is 5.56 Å². The number of methoxy groups -OCH3 is 1. The normalized spacial score (nSPS) is 12.5. The molecule has 28 heavy (non-hydrogen) atoms. The molecular formula is C18H15F2N3O4S. The smallest absolute Gasteiger partial charge is 0.387 e. The molecule has 0 aliphatic rings. The highest BCUT2D eigenvalue weighted by Crippen LogP contribution is 2.29. The van der Waals surface area contributed by atoms with Crippen LogP contribution in [0.3, 0.4) is 0 Å². The Morgan fingerprint density at radius 1 is 1.46 bits per heavy atom. The summed E-state index contributed by atoms with van der Waals surface area (Å²) in [6.07, 6.45) is 2.91. The summed E-state index contributed by atoms with van der Waals surface area (Å²) in [5.41, 5.74) is 4.88. The largest absolute Gasteiger partial charge is 0.493 e. The maximum atomic E-state index is 12.7. The maximum Gasteiger partial charge on any atom is 0.387 e. The number of nitrogens with zero attached hydrogens (tertiary/aromatic N) is 2. The third kappa shape index (κ3) is 4.44. The van der Waals surface area contributed by atoms with E-state index in [4.69, 9.17) is 10.5 Å². The molecule has 0 saturated carbocycles. The molecule has 0 fully saturated rings. The number of nitrogens with two attached hydrogens (primary N) is 1. The first-order chi connectivity index (χ1) is 13.3. The number of nitriles is 1. The zero-order valence-electron chi connectivity index (χ0n) is 14.6. The lowest BCUT2D eigenvalue weighted by molar-refractivity contribution is -0.112. The maximum absolute atomic E-state index is 12.7. The Balaban J connectivity index is 2.71. The van der Waals surface area contributed by atoms with E-state index in [0.717, 1.165) is 11.3 Å². The molecule has 1 aromatic heterocycles. The van der Waals surface area contributed by atoms with E-state index in [1.165, 1.54) is 42.0 Å². The molecule has 10 heteroatoms. The van der Waals surface area contributed by atoms with Gasteiger partial charge in [-0.05, 0) is 23.8 Å². The first-order valence-electron chi connectivity index (χ1n) is 7.71. The zero-order valence-corrected chi connectivity index (χ0v) is 15.5. The van der Waals surface area contributed by atoms with Gasteiger partial charge >= 0.3 is 6.61 Å². The molecule has 0 saturated heterocycles. The topological polar surface area (TPSA) is 107 Å². The number of alkyl halides is 2. The van der Waals surface area contributed by atoms with E-state index in [1.807, 2.05) is 0 Å². The number of amides is 1. The van der Waals surface area contributed by atoms with Gasteiger partial charge in [0.05, 0.1) is 11.6 Å². The average Bonchev–Trinajstić information content (AvgIpc) is 2.93. The predicted molar refractivity (Wildman–Crippen MR) is 99.4 cm³/mol. The summed E-state index contributed by atoms with van der Waals surface area (Å²) in [5, 5.41) is 9.18. The number of halogens is 2. The molecule has 0 unspecified atom stereocenters. The van der Waals surface area contributed by atoms with Crippen molar-refractivity contribution in [3.05, 3.63) is 56.0 Å². The number of aromatic nitrogens is 1. The van der Waals surface area contributed by atoms with E-state index in [2.05, 4.69) is 11.3 Å². The van der Waals surface area contributed by atoms with Crippen LogP contribution >= 0.6 is 11.3 Å². The minimum absolute atomic E-state index is 0.0543. The van der Waals surface area contributed by atoms with Gasteiger partial charge in [0.25, 0.3) is 11.5 Å². The van der Waals surface area contributed by atoms with Crippen molar-refractivity contribution in [2.45, 2.75) is 13.2 Å². The van der Waals surface area contributed by atoms with Gasteiger partial charge in [0.15, 0.2) is 17.1 Å². The Labute approximate surface area is 161 Å². The van der Waals surface area contributed by atoms with Gasteiger partial charge in [0.2, 0.25) is 0 Å². The van der Waals surface area contributed by atoms with Gasteiger partial charge in [0, 0.05) is 6.54 Å². The number of benzene rings is 1. The van der Waals surface area contributed by atoms with Crippen LogP contribution in [0, 0.1) is 11.3 Å². The highest BCUT2D eigenvalue weighted by Gasteiger charge is 2.14. The summed E-state index contributed by atoms with van der Waals surface area (Å²) in [4.78, 5) is 24.2. The Hall–Kier alpha value is -3.45. The number of hydrogen-bond donors (Lipinski definition) is 1. The van der Waals surface area contributed by atoms with Crippen LogP contribution in [-0.4, -0.2) is 24.2 Å². The summed E-state index contributed by atoms with van der Waals surface area (Å²) in [7, 11) is 1.29. The van der Waals surface area contributed by atoms with Gasteiger partial charge in [0.1, 0.15) is 10.7 Å². The lowest BCUT2D eigenvalue weighted by Gasteiger charge is -2.09. The molecule has 0 radical (unpaired) electrons. The number of thiazole rings is 1. The summed E-state index contributed by atoms with van der Waals surface area (Å²) >= 11 is 0.905. The molecule has 0 aliphatic carbocycles. The number of carbonyl (C=O) groups is 1. The fraction of sp³-hybridized carbons (Fsp3) is 0.167. The SMILES string of the molecule is C=CCn1c(=O)/c(=C/c2ccc(OC(F)F)c(OC)c2)s/c1=C(/C#N)C(N)=O. The van der Waals surface area contributed by atoms with E-state index in [9.17, 15) is 23.6 Å². The van der Waals surface area contributed by atoms with Crippen molar-refractivity contribution in [3.63, 3.8) is 0 Å². The summed E-state index contributed by atoms with van der Waals surface area (Å²) < 4.78 is 35.8. The first kappa shape index (κ1) is 20.9. The van der Waals surface area contributed by atoms with Crippen LogP contribution in [0.2, 0.25) is 0 Å². The Kier molecular flexibility index (Phi) is 6.68. The highest BCUT2D eigenvalue weighted by molar-refractivity contribution is 7.07. The zero-order chi connectivity index (χ0) is 20.8. The lowest BCUT2D eigenvalue weighted by Crippen LogP contribution is -2.33. The van der Waals surface area contributed by atoms with Crippen LogP contribution in [0.5, 0.6) is 11.5 Å². The number of rotatable bonds is 7. The van der Waals surface area contributed by atoms with Gasteiger partial charge in [-0.15, -0.1) is 17.9 Å². The number of allylic oxidation sites excluding steroid dienone is 1. The minimum atomic E-state index is -3.01. The molecule has 0 spiro atoms. The molecule has 2 aromatic rings. The molecule has 2 N–H and O–H groups in total. The van der Waals surface area contributed by atoms with E-state index >= 15 is 0 Å². The first-order valence-corrected chi connectivity index (χ1v) is 8.53. The quantitative estimate of drug-likeness (QED) is 0.680. The van der Waals surface area contributed by atoms with Gasteiger partial charge in [-0.2, -0.15) is 14.0 Å². The van der Waals surface area contributed by atoms with Crippen molar-refractivity contribution < 1.29 is 23.0 Å². The van der Waals surface area contributed by atoms with Crippen molar-refractivity contribution >= 4 is 28.9 Å². The van der Waals surface area contributed by atoms with Crippen molar-refractivity contribution in [1.82, 2.24) is 4.57 Å². The molecule has 0 atom stereocenters. The predicted octanol–water partition coefficient (Wildman–Crippen LogP) is 0.694. The third-order valence-electron chi connectivity index (χ3n) is 3.49. The molecule has 1 heterocycles. The van der Waals surface area contributed by atoms with Crippen LogP contribution < -0.4 is 30.0 Å². The Morgan fingerprint density at radius 2 is 2.18 bits per heavy atom. The molecule has 146 valence electrons. The van der Waals surface area contributed by atoms with Crippen LogP contribution in [0.25, 0.3) is 11.6 Å². The number of carbonyl (C=O) groups excluding carboxylic acids is 1. The highest BCUT2D eigenvalue weighted by atomic mass is 32.1. The van der Waals surface area contributed by atoms with Gasteiger partial charge < -0.3 is 15.2 Å². The number of hydrogen-bond acceptors (Lipinski definition) is 6. The van der Waals surface area contributed by atoms with Crippen LogP contribution in [-0.2, 0) is 11.3 Å². The van der Waals surface area contributed by atoms with Gasteiger partial charge in [-0.1, -0.05) is 12.1 Å². The number of primary amides is 1. The lowest BCUT2D eigenvalue weighted by atomic mass is 10.2. The fourth-order valence-corrected chi connectivity index (χ4v) is 3.44. The Bertz CT molecular complexity index is 1130. The summed E-state index contributed by atoms with van der Waals surface area (Å²) in [6, 6.07) is 5.86. The van der Waals surface area contributed by atoms with E-state index in [1.54, 1.807) is 6.07 Å². The molecule has 1 amide bonds. The second-order valence-electron chi connectivity index (χ2n) is 5.26.